The molecule has 9 heteroatoms. The van der Waals surface area contributed by atoms with Crippen molar-refractivity contribution in [2.45, 2.75) is 72.4 Å². The van der Waals surface area contributed by atoms with Gasteiger partial charge < -0.3 is 15.4 Å². The topological polar surface area (TPSA) is 98.4 Å². The second-order valence-corrected chi connectivity index (χ2v) is 13.6. The van der Waals surface area contributed by atoms with E-state index in [9.17, 15) is 14.0 Å². The summed E-state index contributed by atoms with van der Waals surface area (Å²) >= 11 is 1.47. The van der Waals surface area contributed by atoms with Gasteiger partial charge in [-0.3, -0.25) is 19.6 Å². The molecule has 1 amide bonds. The Labute approximate surface area is 256 Å². The van der Waals surface area contributed by atoms with Gasteiger partial charge in [-0.2, -0.15) is 0 Å². The van der Waals surface area contributed by atoms with Gasteiger partial charge in [0, 0.05) is 44.4 Å². The minimum absolute atomic E-state index is 0.0605. The predicted molar refractivity (Wildman–Crippen MR) is 169 cm³/mol. The Morgan fingerprint density at radius 1 is 1.09 bits per heavy atom. The molecular formula is C34H39FN4O3S. The number of ketones is 1. The normalized spacial score (nSPS) is 14.1. The number of benzene rings is 1. The van der Waals surface area contributed by atoms with E-state index in [1.807, 2.05) is 45.9 Å². The fourth-order valence-corrected chi connectivity index (χ4v) is 5.95. The van der Waals surface area contributed by atoms with Crippen LogP contribution in [0.1, 0.15) is 64.5 Å². The third-order valence-electron chi connectivity index (χ3n) is 7.66. The molecule has 1 aliphatic carbocycles. The summed E-state index contributed by atoms with van der Waals surface area (Å²) in [5.41, 5.74) is 9.01. The summed E-state index contributed by atoms with van der Waals surface area (Å²) in [7, 11) is 0. The van der Waals surface area contributed by atoms with Crippen LogP contribution in [0.2, 0.25) is 0 Å². The SMILES string of the molecule is CCCN(Cc1ccc(-c2cc3nccc(Oc4ccc(CC(=O)CC5CC5)cc4F)c3s2)nc1)C(=O)[C@@H](N)C(C)(C)C. The zero-order chi connectivity index (χ0) is 30.7. The summed E-state index contributed by atoms with van der Waals surface area (Å²) in [5.74, 6) is 0.696. The van der Waals surface area contributed by atoms with Gasteiger partial charge in [0.1, 0.15) is 11.5 Å². The summed E-state index contributed by atoms with van der Waals surface area (Å²) in [4.78, 5) is 37.1. The van der Waals surface area contributed by atoms with E-state index in [1.165, 1.54) is 17.4 Å². The molecule has 0 unspecified atom stereocenters. The van der Waals surface area contributed by atoms with Gasteiger partial charge in [0.25, 0.3) is 0 Å². The zero-order valence-electron chi connectivity index (χ0n) is 25.2. The maximum absolute atomic E-state index is 15.0. The largest absolute Gasteiger partial charge is 0.453 e. The number of thiophene rings is 1. The van der Waals surface area contributed by atoms with Crippen LogP contribution >= 0.6 is 11.3 Å². The average Bonchev–Trinajstić information content (AvgIpc) is 3.66. The third-order valence-corrected chi connectivity index (χ3v) is 8.82. The van der Waals surface area contributed by atoms with Crippen LogP contribution in [0.5, 0.6) is 11.5 Å². The van der Waals surface area contributed by atoms with Gasteiger partial charge in [0.2, 0.25) is 5.91 Å². The number of Topliss-reactive ketones (excluding diaryl/α,β-unsaturated/α-hetero) is 1. The number of aromatic nitrogens is 2. The lowest BCUT2D eigenvalue weighted by Crippen LogP contribution is -2.50. The summed E-state index contributed by atoms with van der Waals surface area (Å²) in [5, 5.41) is 0. The first-order valence-electron chi connectivity index (χ1n) is 14.9. The molecule has 4 aromatic rings. The van der Waals surface area contributed by atoms with Crippen LogP contribution in [0.15, 0.2) is 54.9 Å². The van der Waals surface area contributed by atoms with Crippen molar-refractivity contribution in [3.63, 3.8) is 0 Å². The van der Waals surface area contributed by atoms with Gasteiger partial charge >= 0.3 is 0 Å². The highest BCUT2D eigenvalue weighted by molar-refractivity contribution is 7.22. The van der Waals surface area contributed by atoms with Gasteiger partial charge in [0.15, 0.2) is 11.6 Å². The number of carbonyl (C=O) groups is 2. The smallest absolute Gasteiger partial charge is 0.240 e. The van der Waals surface area contributed by atoms with E-state index in [4.69, 9.17) is 10.5 Å². The van der Waals surface area contributed by atoms with Crippen LogP contribution in [-0.4, -0.2) is 39.1 Å². The van der Waals surface area contributed by atoms with E-state index in [-0.39, 0.29) is 29.3 Å². The highest BCUT2D eigenvalue weighted by Gasteiger charge is 2.31. The van der Waals surface area contributed by atoms with Crippen LogP contribution in [0.25, 0.3) is 20.8 Å². The molecule has 1 fully saturated rings. The number of fused-ring (bicyclic) bond motifs is 1. The first-order valence-corrected chi connectivity index (χ1v) is 15.7. The standard InChI is InChI=1S/C34H39FN4O3S/c1-5-14-39(33(41)32(36)34(2,3)4)20-23-8-10-26(38-19-23)30-18-27-31(43-30)29(12-13-37-27)42-28-11-9-22(17-25(28)35)16-24(40)15-21-6-7-21/h8-13,17-19,21,32H,5-7,14-16,20,36H2,1-4H3/t32-/m1/s1. The third kappa shape index (κ3) is 7.64. The van der Waals surface area contributed by atoms with E-state index < -0.39 is 11.9 Å². The molecule has 7 nitrogen and oxygen atoms in total. The van der Waals surface area contributed by atoms with Gasteiger partial charge in [-0.1, -0.05) is 39.8 Å². The number of nitrogens with zero attached hydrogens (tertiary/aromatic N) is 3. The van der Waals surface area contributed by atoms with Gasteiger partial charge in [-0.25, -0.2) is 4.39 Å². The van der Waals surface area contributed by atoms with Crippen molar-refractivity contribution in [1.29, 1.82) is 0 Å². The van der Waals surface area contributed by atoms with Crippen LogP contribution in [0, 0.1) is 17.2 Å². The number of halogens is 1. The van der Waals surface area contributed by atoms with Gasteiger partial charge in [-0.05, 0) is 66.0 Å². The van der Waals surface area contributed by atoms with Crippen molar-refractivity contribution in [2.24, 2.45) is 17.1 Å². The highest BCUT2D eigenvalue weighted by Crippen LogP contribution is 2.39. The number of nitrogens with two attached hydrogens (primary N) is 1. The van der Waals surface area contributed by atoms with E-state index in [1.54, 1.807) is 35.5 Å². The highest BCUT2D eigenvalue weighted by atomic mass is 32.1. The van der Waals surface area contributed by atoms with Crippen molar-refractivity contribution < 1.29 is 18.7 Å². The number of rotatable bonds is 12. The Morgan fingerprint density at radius 2 is 1.86 bits per heavy atom. The average molecular weight is 603 g/mol. The first kappa shape index (κ1) is 30.8. The van der Waals surface area contributed by atoms with Crippen molar-refractivity contribution in [3.8, 4) is 22.1 Å². The molecule has 0 saturated heterocycles. The summed E-state index contributed by atoms with van der Waals surface area (Å²) in [6.45, 7) is 9.02. The predicted octanol–water partition coefficient (Wildman–Crippen LogP) is 7.31. The lowest BCUT2D eigenvalue weighted by molar-refractivity contribution is -0.135. The molecule has 1 aromatic carbocycles. The van der Waals surface area contributed by atoms with Crippen LogP contribution in [0.3, 0.4) is 0 Å². The number of carbonyl (C=O) groups excluding carboxylic acids is 2. The number of pyridine rings is 2. The fraction of sp³-hybridized carbons (Fsp3) is 0.412. The fourth-order valence-electron chi connectivity index (χ4n) is 4.91. The molecule has 2 N–H and O–H groups in total. The summed E-state index contributed by atoms with van der Waals surface area (Å²) < 4.78 is 21.7. The maximum Gasteiger partial charge on any atom is 0.240 e. The summed E-state index contributed by atoms with van der Waals surface area (Å²) in [6, 6.07) is 11.7. The minimum atomic E-state index is -0.582. The van der Waals surface area contributed by atoms with Crippen molar-refractivity contribution in [2.75, 3.05) is 6.54 Å². The second-order valence-electron chi connectivity index (χ2n) is 12.5. The van der Waals surface area contributed by atoms with Gasteiger partial charge in [0.05, 0.1) is 26.8 Å². The molecule has 0 bridgehead atoms. The molecule has 5 rings (SSSR count). The van der Waals surface area contributed by atoms with Crippen LogP contribution in [-0.2, 0) is 22.6 Å². The van der Waals surface area contributed by atoms with E-state index in [0.29, 0.717) is 36.7 Å². The molecule has 1 saturated carbocycles. The Bertz CT molecular complexity index is 1610. The molecule has 3 heterocycles. The Morgan fingerprint density at radius 3 is 2.51 bits per heavy atom. The Hall–Kier alpha value is -3.69. The summed E-state index contributed by atoms with van der Waals surface area (Å²) in [6.07, 6.45) is 7.31. The molecule has 1 aliphatic rings. The second kappa shape index (κ2) is 12.9. The van der Waals surface area contributed by atoms with Gasteiger partial charge in [-0.15, -0.1) is 11.3 Å². The van der Waals surface area contributed by atoms with Crippen molar-refractivity contribution in [3.05, 3.63) is 71.8 Å². The molecular weight excluding hydrogens is 563 g/mol. The quantitative estimate of drug-likeness (QED) is 0.183. The Balaban J connectivity index is 1.30. The molecule has 0 radical (unpaired) electrons. The Kier molecular flexibility index (Phi) is 9.22. The first-order chi connectivity index (χ1) is 20.5. The zero-order valence-corrected chi connectivity index (χ0v) is 26.0. The van der Waals surface area contributed by atoms with Crippen LogP contribution < -0.4 is 10.5 Å². The number of hydrogen-bond donors (Lipinski definition) is 1. The number of ether oxygens (including phenoxy) is 1. The molecule has 1 atom stereocenters. The molecule has 3 aromatic heterocycles. The lowest BCUT2D eigenvalue weighted by Gasteiger charge is -2.32. The van der Waals surface area contributed by atoms with E-state index >= 15 is 0 Å². The maximum atomic E-state index is 15.0. The number of amides is 1. The van der Waals surface area contributed by atoms with Crippen molar-refractivity contribution >= 4 is 33.2 Å². The molecule has 43 heavy (non-hydrogen) atoms. The van der Waals surface area contributed by atoms with Crippen LogP contribution in [0.4, 0.5) is 4.39 Å². The monoisotopic (exact) mass is 602 g/mol. The number of hydrogen-bond acceptors (Lipinski definition) is 7. The lowest BCUT2D eigenvalue weighted by atomic mass is 9.86. The minimum Gasteiger partial charge on any atom is -0.453 e. The molecule has 0 aliphatic heterocycles. The van der Waals surface area contributed by atoms with Crippen molar-refractivity contribution in [1.82, 2.24) is 14.9 Å². The molecule has 226 valence electrons. The van der Waals surface area contributed by atoms with E-state index in [0.717, 1.165) is 45.6 Å². The van der Waals surface area contributed by atoms with E-state index in [2.05, 4.69) is 9.97 Å². The molecule has 0 spiro atoms.